The molecular formula is C17H29ClN4O. The third-order valence-corrected chi connectivity index (χ3v) is 5.21. The first kappa shape index (κ1) is 18.3. The smallest absolute Gasteiger partial charge is 0.227 e. The van der Waals surface area contributed by atoms with Gasteiger partial charge in [-0.1, -0.05) is 13.3 Å². The molecule has 1 aromatic rings. The lowest BCUT2D eigenvalue weighted by Crippen LogP contribution is -2.44. The van der Waals surface area contributed by atoms with E-state index in [1.54, 1.807) is 0 Å². The summed E-state index contributed by atoms with van der Waals surface area (Å²) in [7, 11) is 1.93. The predicted octanol–water partition coefficient (Wildman–Crippen LogP) is 2.18. The molecule has 1 amide bonds. The molecule has 0 aliphatic carbocycles. The number of amides is 1. The minimum Gasteiger partial charge on any atom is -0.342 e. The molecule has 5 nitrogen and oxygen atoms in total. The standard InChI is InChI=1S/C17H28N4O.ClH/c1-3-5-13-6-4-7-21(11-13)17(22)16-10-18-9-15(16)14-8-19-20(2)12-14;/h8,12-13,15-16,18H,3-7,9-11H2,1-2H3;1H/t13?,15-,16+;/m1./s1. The lowest BCUT2D eigenvalue weighted by atomic mass is 9.88. The van der Waals surface area contributed by atoms with Crippen LogP contribution in [-0.2, 0) is 11.8 Å². The third-order valence-electron chi connectivity index (χ3n) is 5.21. The van der Waals surface area contributed by atoms with Crippen LogP contribution in [0.15, 0.2) is 12.4 Å². The Morgan fingerprint density at radius 3 is 2.96 bits per heavy atom. The third kappa shape index (κ3) is 4.07. The Balaban J connectivity index is 0.00000192. The molecule has 1 unspecified atom stereocenters. The van der Waals surface area contributed by atoms with Gasteiger partial charge in [0.25, 0.3) is 0 Å². The number of piperidine rings is 1. The minimum atomic E-state index is 0. The van der Waals surface area contributed by atoms with Crippen molar-refractivity contribution in [1.82, 2.24) is 20.0 Å². The van der Waals surface area contributed by atoms with Crippen molar-refractivity contribution in [2.75, 3.05) is 26.2 Å². The molecule has 0 spiro atoms. The monoisotopic (exact) mass is 340 g/mol. The van der Waals surface area contributed by atoms with Crippen molar-refractivity contribution in [1.29, 1.82) is 0 Å². The zero-order valence-electron chi connectivity index (χ0n) is 14.2. The van der Waals surface area contributed by atoms with Crippen LogP contribution in [0.5, 0.6) is 0 Å². The van der Waals surface area contributed by atoms with E-state index in [-0.39, 0.29) is 24.2 Å². The highest BCUT2D eigenvalue weighted by Gasteiger charge is 2.38. The zero-order chi connectivity index (χ0) is 15.5. The maximum Gasteiger partial charge on any atom is 0.227 e. The molecule has 0 radical (unpaired) electrons. The molecule has 3 atom stereocenters. The van der Waals surface area contributed by atoms with Gasteiger partial charge in [0.05, 0.1) is 12.1 Å². The van der Waals surface area contributed by atoms with Crippen molar-refractivity contribution in [3.63, 3.8) is 0 Å². The molecule has 3 heterocycles. The summed E-state index contributed by atoms with van der Waals surface area (Å²) in [6, 6.07) is 0. The first-order valence-corrected chi connectivity index (χ1v) is 8.67. The topological polar surface area (TPSA) is 50.2 Å². The fourth-order valence-electron chi connectivity index (χ4n) is 4.06. The molecule has 3 rings (SSSR count). The van der Waals surface area contributed by atoms with E-state index < -0.39 is 0 Å². The summed E-state index contributed by atoms with van der Waals surface area (Å²) in [6.45, 7) is 5.82. The Morgan fingerprint density at radius 2 is 2.26 bits per heavy atom. The molecule has 2 aliphatic heterocycles. The summed E-state index contributed by atoms with van der Waals surface area (Å²) in [5, 5.41) is 7.67. The Labute approximate surface area is 145 Å². The average molecular weight is 341 g/mol. The fourth-order valence-corrected chi connectivity index (χ4v) is 4.06. The number of rotatable bonds is 4. The van der Waals surface area contributed by atoms with Crippen LogP contribution in [-0.4, -0.2) is 46.8 Å². The quantitative estimate of drug-likeness (QED) is 0.914. The number of carbonyl (C=O) groups is 1. The van der Waals surface area contributed by atoms with Crippen LogP contribution < -0.4 is 5.32 Å². The number of halogens is 1. The first-order chi connectivity index (χ1) is 10.7. The summed E-state index contributed by atoms with van der Waals surface area (Å²) in [5.41, 5.74) is 1.19. The van der Waals surface area contributed by atoms with Gasteiger partial charge in [0, 0.05) is 45.3 Å². The van der Waals surface area contributed by atoms with Crippen LogP contribution in [0.2, 0.25) is 0 Å². The van der Waals surface area contributed by atoms with Crippen molar-refractivity contribution in [2.45, 2.75) is 38.5 Å². The lowest BCUT2D eigenvalue weighted by molar-refractivity contribution is -0.137. The molecule has 2 aliphatic rings. The van der Waals surface area contributed by atoms with Gasteiger partial charge in [-0.15, -0.1) is 12.4 Å². The normalized spacial score (nSPS) is 27.7. The van der Waals surface area contributed by atoms with Gasteiger partial charge in [0.2, 0.25) is 5.91 Å². The lowest BCUT2D eigenvalue weighted by Gasteiger charge is -2.35. The highest BCUT2D eigenvalue weighted by Crippen LogP contribution is 2.31. The second-order valence-electron chi connectivity index (χ2n) is 6.90. The largest absolute Gasteiger partial charge is 0.342 e. The van der Waals surface area contributed by atoms with E-state index in [9.17, 15) is 4.79 Å². The van der Waals surface area contributed by atoms with E-state index >= 15 is 0 Å². The zero-order valence-corrected chi connectivity index (χ0v) is 15.0. The van der Waals surface area contributed by atoms with Crippen LogP contribution in [0.3, 0.4) is 0 Å². The molecule has 6 heteroatoms. The fraction of sp³-hybridized carbons (Fsp3) is 0.765. The summed E-state index contributed by atoms with van der Waals surface area (Å²) >= 11 is 0. The molecule has 1 N–H and O–H groups in total. The van der Waals surface area contributed by atoms with Gasteiger partial charge in [-0.3, -0.25) is 9.48 Å². The Bertz CT molecular complexity index is 516. The Hall–Kier alpha value is -1.07. The maximum atomic E-state index is 13.0. The van der Waals surface area contributed by atoms with Crippen molar-refractivity contribution in [2.24, 2.45) is 18.9 Å². The second-order valence-corrected chi connectivity index (χ2v) is 6.90. The van der Waals surface area contributed by atoms with E-state index in [1.165, 1.54) is 24.8 Å². The average Bonchev–Trinajstić information content (AvgIpc) is 3.15. The number of aromatic nitrogens is 2. The number of carbonyl (C=O) groups excluding carboxylic acids is 1. The second kappa shape index (κ2) is 8.15. The van der Waals surface area contributed by atoms with E-state index in [0.717, 1.165) is 32.6 Å². The minimum absolute atomic E-state index is 0. The van der Waals surface area contributed by atoms with E-state index in [1.807, 2.05) is 24.1 Å². The molecule has 130 valence electrons. The van der Waals surface area contributed by atoms with Gasteiger partial charge >= 0.3 is 0 Å². The molecule has 2 saturated heterocycles. The highest BCUT2D eigenvalue weighted by atomic mass is 35.5. The molecule has 0 saturated carbocycles. The van der Waals surface area contributed by atoms with Gasteiger partial charge in [-0.2, -0.15) is 5.10 Å². The molecular weight excluding hydrogens is 312 g/mol. The van der Waals surface area contributed by atoms with Crippen LogP contribution >= 0.6 is 12.4 Å². The van der Waals surface area contributed by atoms with Crippen LogP contribution in [0.4, 0.5) is 0 Å². The summed E-state index contributed by atoms with van der Waals surface area (Å²) in [5.74, 6) is 1.39. The Morgan fingerprint density at radius 1 is 1.43 bits per heavy atom. The number of nitrogens with zero attached hydrogens (tertiary/aromatic N) is 3. The molecule has 23 heavy (non-hydrogen) atoms. The van der Waals surface area contributed by atoms with Crippen LogP contribution in [0.1, 0.15) is 44.1 Å². The maximum absolute atomic E-state index is 13.0. The summed E-state index contributed by atoms with van der Waals surface area (Å²) < 4.78 is 1.83. The van der Waals surface area contributed by atoms with E-state index in [2.05, 4.69) is 22.2 Å². The number of likely N-dealkylation sites (tertiary alicyclic amines) is 1. The number of hydrogen-bond acceptors (Lipinski definition) is 3. The van der Waals surface area contributed by atoms with Gasteiger partial charge < -0.3 is 10.2 Å². The van der Waals surface area contributed by atoms with E-state index in [4.69, 9.17) is 0 Å². The van der Waals surface area contributed by atoms with Crippen LogP contribution in [0.25, 0.3) is 0 Å². The highest BCUT2D eigenvalue weighted by molar-refractivity contribution is 5.85. The van der Waals surface area contributed by atoms with Gasteiger partial charge in [-0.25, -0.2) is 0 Å². The molecule has 1 aromatic heterocycles. The Kier molecular flexibility index (Phi) is 6.48. The van der Waals surface area contributed by atoms with Gasteiger partial charge in [0.1, 0.15) is 0 Å². The first-order valence-electron chi connectivity index (χ1n) is 8.67. The number of hydrogen-bond donors (Lipinski definition) is 1. The van der Waals surface area contributed by atoms with E-state index in [0.29, 0.717) is 11.8 Å². The van der Waals surface area contributed by atoms with Gasteiger partial charge in [-0.05, 0) is 30.7 Å². The molecule has 0 aromatic carbocycles. The van der Waals surface area contributed by atoms with Crippen molar-refractivity contribution in [3.8, 4) is 0 Å². The van der Waals surface area contributed by atoms with Crippen molar-refractivity contribution in [3.05, 3.63) is 18.0 Å². The summed E-state index contributed by atoms with van der Waals surface area (Å²) in [6.07, 6.45) is 8.87. The number of nitrogens with one attached hydrogen (secondary N) is 1. The number of aryl methyl sites for hydroxylation is 1. The van der Waals surface area contributed by atoms with Crippen LogP contribution in [0, 0.1) is 11.8 Å². The SMILES string of the molecule is CCCC1CCCN(C(=O)[C@H]2CNC[C@@H]2c2cnn(C)c2)C1.Cl. The van der Waals surface area contributed by atoms with Gasteiger partial charge in [0.15, 0.2) is 0 Å². The molecule has 2 fully saturated rings. The molecule has 0 bridgehead atoms. The van der Waals surface area contributed by atoms with Crippen molar-refractivity contribution >= 4 is 18.3 Å². The summed E-state index contributed by atoms with van der Waals surface area (Å²) in [4.78, 5) is 15.1. The van der Waals surface area contributed by atoms with Crippen molar-refractivity contribution < 1.29 is 4.79 Å². The predicted molar refractivity (Wildman–Crippen MR) is 93.8 cm³/mol.